The highest BCUT2D eigenvalue weighted by Crippen LogP contribution is 2.29. The first-order chi connectivity index (χ1) is 10.5. The second kappa shape index (κ2) is 8.17. The van der Waals surface area contributed by atoms with E-state index in [-0.39, 0.29) is 4.90 Å². The zero-order chi connectivity index (χ0) is 19.3. The van der Waals surface area contributed by atoms with Crippen LogP contribution < -0.4 is 4.72 Å². The van der Waals surface area contributed by atoms with E-state index >= 15 is 0 Å². The summed E-state index contributed by atoms with van der Waals surface area (Å²) in [5.74, 6) is 0.361. The number of benzene rings is 1. The smallest absolute Gasteiger partial charge is 0.267 e. The SMILES string of the molecule is CC1=Nc2ccc(Cl)cc2S(=O)(=O)N1.O=S(=O)(O)O.O=S(=O)(O)O. The number of hydrogen-bond acceptors (Lipinski definition) is 7. The zero-order valence-corrected chi connectivity index (χ0v) is 14.7. The van der Waals surface area contributed by atoms with Gasteiger partial charge in [-0.15, -0.1) is 0 Å². The van der Waals surface area contributed by atoms with E-state index in [0.717, 1.165) is 0 Å². The van der Waals surface area contributed by atoms with Crippen molar-refractivity contribution < 1.29 is 43.5 Å². The molecule has 16 heteroatoms. The number of nitrogens with zero attached hydrogens (tertiary/aromatic N) is 1. The molecule has 24 heavy (non-hydrogen) atoms. The fourth-order valence-corrected chi connectivity index (χ4v) is 2.70. The number of sulfonamides is 1. The van der Waals surface area contributed by atoms with Crippen molar-refractivity contribution in [2.75, 3.05) is 0 Å². The predicted octanol–water partition coefficient (Wildman–Crippen LogP) is 0.376. The highest BCUT2D eigenvalue weighted by Gasteiger charge is 2.23. The molecule has 5 N–H and O–H groups in total. The third-order valence-corrected chi connectivity index (χ3v) is 3.49. The lowest BCUT2D eigenvalue weighted by molar-refractivity contribution is 0.378. The van der Waals surface area contributed by atoms with Gasteiger partial charge in [0.2, 0.25) is 0 Å². The van der Waals surface area contributed by atoms with Crippen molar-refractivity contribution in [2.24, 2.45) is 4.99 Å². The van der Waals surface area contributed by atoms with E-state index in [9.17, 15) is 8.42 Å². The lowest BCUT2D eigenvalue weighted by atomic mass is 10.3. The molecule has 0 unspecified atom stereocenters. The van der Waals surface area contributed by atoms with Crippen LogP contribution in [0, 0.1) is 0 Å². The van der Waals surface area contributed by atoms with Crippen molar-refractivity contribution in [2.45, 2.75) is 11.8 Å². The Kier molecular flexibility index (Phi) is 7.71. The normalized spacial score (nSPS) is 15.3. The van der Waals surface area contributed by atoms with Gasteiger partial charge in [-0.05, 0) is 25.1 Å². The topological polar surface area (TPSA) is 208 Å². The Labute approximate surface area is 142 Å². The molecule has 0 atom stereocenters. The van der Waals surface area contributed by atoms with E-state index in [2.05, 4.69) is 9.71 Å². The van der Waals surface area contributed by atoms with Crippen LogP contribution >= 0.6 is 11.6 Å². The Hall–Kier alpha value is -1.33. The van der Waals surface area contributed by atoms with Gasteiger partial charge in [-0.2, -0.15) is 16.8 Å². The molecule has 12 nitrogen and oxygen atoms in total. The van der Waals surface area contributed by atoms with Crippen LogP contribution in [-0.4, -0.2) is 49.3 Å². The second-order valence-electron chi connectivity index (χ2n) is 3.81. The molecule has 1 aromatic rings. The minimum atomic E-state index is -4.67. The largest absolute Gasteiger partial charge is 0.394 e. The summed E-state index contributed by atoms with van der Waals surface area (Å²) in [5.41, 5.74) is 0.422. The quantitative estimate of drug-likeness (QED) is 0.360. The van der Waals surface area contributed by atoms with Gasteiger partial charge < -0.3 is 0 Å². The van der Waals surface area contributed by atoms with Gasteiger partial charge >= 0.3 is 20.8 Å². The molecule has 1 heterocycles. The van der Waals surface area contributed by atoms with Gasteiger partial charge in [0.25, 0.3) is 10.0 Å². The van der Waals surface area contributed by atoms with Gasteiger partial charge in [-0.25, -0.2) is 13.4 Å². The molecule has 1 aromatic carbocycles. The van der Waals surface area contributed by atoms with Crippen LogP contribution in [0.15, 0.2) is 28.1 Å². The molecule has 1 aliphatic heterocycles. The average molecular weight is 427 g/mol. The number of amidine groups is 1. The highest BCUT2D eigenvalue weighted by molar-refractivity contribution is 7.90. The minimum Gasteiger partial charge on any atom is -0.267 e. The number of halogens is 1. The zero-order valence-electron chi connectivity index (χ0n) is 11.5. The van der Waals surface area contributed by atoms with E-state index in [1.807, 2.05) is 0 Å². The van der Waals surface area contributed by atoms with Gasteiger partial charge in [-0.3, -0.25) is 22.9 Å². The summed E-state index contributed by atoms with van der Waals surface area (Å²) in [7, 11) is -12.8. The monoisotopic (exact) mass is 426 g/mol. The fourth-order valence-electron chi connectivity index (χ4n) is 1.25. The van der Waals surface area contributed by atoms with Crippen LogP contribution in [-0.2, 0) is 30.8 Å². The first-order valence-corrected chi connectivity index (χ1v) is 9.92. The number of rotatable bonds is 0. The molecule has 0 fully saturated rings. The molecule has 1 aliphatic rings. The Balaban J connectivity index is 0.000000442. The van der Waals surface area contributed by atoms with Crippen molar-refractivity contribution in [3.63, 3.8) is 0 Å². The lowest BCUT2D eigenvalue weighted by Gasteiger charge is -2.15. The summed E-state index contributed by atoms with van der Waals surface area (Å²) in [5, 5.41) is 0.379. The number of fused-ring (bicyclic) bond motifs is 1. The standard InChI is InChI=1S/C8H7ClN2O2S.2H2O4S/c1-5-10-7-3-2-6(9)4-8(7)14(12,13)11-5;2*1-5(2,3)4/h2-4H,1H3,(H,10,11);2*(H2,1,2,3,4). The van der Waals surface area contributed by atoms with Crippen LogP contribution in [0.3, 0.4) is 0 Å². The highest BCUT2D eigenvalue weighted by atomic mass is 35.5. The Morgan fingerprint density at radius 2 is 1.46 bits per heavy atom. The molecular weight excluding hydrogens is 416 g/mol. The van der Waals surface area contributed by atoms with Gasteiger partial charge in [0.05, 0.1) is 5.69 Å². The molecule has 0 spiro atoms. The Morgan fingerprint density at radius 3 is 1.88 bits per heavy atom. The van der Waals surface area contributed by atoms with Crippen LogP contribution in [0.2, 0.25) is 5.02 Å². The molecule has 138 valence electrons. The van der Waals surface area contributed by atoms with Crippen molar-refractivity contribution in [1.29, 1.82) is 0 Å². The van der Waals surface area contributed by atoms with E-state index < -0.39 is 30.8 Å². The summed E-state index contributed by atoms with van der Waals surface area (Å²) in [6, 6.07) is 4.58. The maximum atomic E-state index is 11.6. The third kappa shape index (κ3) is 11.2. The maximum absolute atomic E-state index is 11.6. The van der Waals surface area contributed by atoms with Crippen LogP contribution in [0.4, 0.5) is 5.69 Å². The maximum Gasteiger partial charge on any atom is 0.394 e. The molecule has 0 bridgehead atoms. The fraction of sp³-hybridized carbons (Fsp3) is 0.125. The van der Waals surface area contributed by atoms with E-state index in [1.54, 1.807) is 19.1 Å². The van der Waals surface area contributed by atoms with E-state index in [0.29, 0.717) is 16.5 Å². The Morgan fingerprint density at radius 1 is 1.04 bits per heavy atom. The summed E-state index contributed by atoms with van der Waals surface area (Å²) < 4.78 is 88.6. The number of hydrogen-bond donors (Lipinski definition) is 5. The van der Waals surface area contributed by atoms with Gasteiger partial charge in [0, 0.05) is 5.02 Å². The molecule has 0 saturated heterocycles. The first kappa shape index (κ1) is 22.7. The summed E-state index contributed by atoms with van der Waals surface area (Å²) in [6.07, 6.45) is 0. The van der Waals surface area contributed by atoms with Crippen molar-refractivity contribution in [3.8, 4) is 0 Å². The number of nitrogens with one attached hydrogen (secondary N) is 1. The summed E-state index contributed by atoms with van der Waals surface area (Å²) >= 11 is 5.70. The van der Waals surface area contributed by atoms with Crippen molar-refractivity contribution >= 4 is 53.9 Å². The van der Waals surface area contributed by atoms with Crippen molar-refractivity contribution in [3.05, 3.63) is 23.2 Å². The van der Waals surface area contributed by atoms with Crippen LogP contribution in [0.1, 0.15) is 6.92 Å². The summed E-state index contributed by atoms with van der Waals surface area (Å²) in [4.78, 5) is 4.17. The number of aliphatic imine (C=N–C) groups is 1. The van der Waals surface area contributed by atoms with Gasteiger partial charge in [-0.1, -0.05) is 11.6 Å². The molecular formula is C8H11ClN2O10S3. The third-order valence-electron chi connectivity index (χ3n) is 1.78. The lowest BCUT2D eigenvalue weighted by Crippen LogP contribution is -2.31. The summed E-state index contributed by atoms with van der Waals surface area (Å²) in [6.45, 7) is 1.59. The molecule has 0 aromatic heterocycles. The first-order valence-electron chi connectivity index (χ1n) is 5.26. The van der Waals surface area contributed by atoms with E-state index in [1.165, 1.54) is 6.07 Å². The van der Waals surface area contributed by atoms with Crippen molar-refractivity contribution in [1.82, 2.24) is 4.72 Å². The van der Waals surface area contributed by atoms with Crippen LogP contribution in [0.25, 0.3) is 0 Å². The second-order valence-corrected chi connectivity index (χ2v) is 7.69. The molecule has 0 radical (unpaired) electrons. The molecule has 2 rings (SSSR count). The molecule has 0 aliphatic carbocycles. The molecule has 0 saturated carbocycles. The van der Waals surface area contributed by atoms with Gasteiger partial charge in [0.15, 0.2) is 0 Å². The average Bonchev–Trinajstić information content (AvgIpc) is 2.24. The Bertz CT molecular complexity index is 890. The molecule has 0 amide bonds. The van der Waals surface area contributed by atoms with Gasteiger partial charge in [0.1, 0.15) is 10.7 Å². The minimum absolute atomic E-state index is 0.121. The van der Waals surface area contributed by atoms with Crippen LogP contribution in [0.5, 0.6) is 0 Å². The van der Waals surface area contributed by atoms with E-state index in [4.69, 9.17) is 46.6 Å². The predicted molar refractivity (Wildman–Crippen MR) is 82.9 cm³/mol.